The number of benzene rings is 4. The van der Waals surface area contributed by atoms with Gasteiger partial charge in [0.2, 0.25) is 0 Å². The molecule has 0 saturated heterocycles. The molecule has 0 saturated carbocycles. The Morgan fingerprint density at radius 3 is 1.26 bits per heavy atom. The topological polar surface area (TPSA) is 20.2 Å². The monoisotopic (exact) mass is 406 g/mol. The van der Waals surface area contributed by atoms with Crippen molar-refractivity contribution >= 4 is 0 Å². The summed E-state index contributed by atoms with van der Waals surface area (Å²) in [4.78, 5) is 0. The van der Waals surface area contributed by atoms with Crippen LogP contribution in [0.25, 0.3) is 0 Å². The van der Waals surface area contributed by atoms with Crippen molar-refractivity contribution in [2.24, 2.45) is 0 Å². The Kier molecular flexibility index (Phi) is 6.23. The van der Waals surface area contributed by atoms with Crippen LogP contribution >= 0.6 is 0 Å². The fourth-order valence-electron chi connectivity index (χ4n) is 4.57. The lowest BCUT2D eigenvalue weighted by atomic mass is 9.79. The zero-order valence-electron chi connectivity index (χ0n) is 18.5. The standard InChI is InChI=1S/C30H30O/c1-21(24-13-7-4-8-14-24)27-19-20-28(22(2)25-15-9-5-10-16-25)30(31)29(27)23(3)26-17-11-6-12-18-26/h4-23,31H,1-3H3. The molecule has 0 radical (unpaired) electrons. The van der Waals surface area contributed by atoms with Gasteiger partial charge in [-0.1, -0.05) is 124 Å². The first-order chi connectivity index (χ1) is 15.1. The van der Waals surface area contributed by atoms with E-state index in [0.29, 0.717) is 5.75 Å². The third-order valence-electron chi connectivity index (χ3n) is 6.55. The van der Waals surface area contributed by atoms with Crippen molar-refractivity contribution < 1.29 is 5.11 Å². The number of rotatable bonds is 6. The van der Waals surface area contributed by atoms with E-state index in [1.54, 1.807) is 0 Å². The van der Waals surface area contributed by atoms with Crippen LogP contribution in [0.15, 0.2) is 103 Å². The minimum Gasteiger partial charge on any atom is -0.507 e. The normalized spacial score (nSPS) is 14.0. The van der Waals surface area contributed by atoms with Crippen LogP contribution in [0.4, 0.5) is 0 Å². The molecule has 1 nitrogen and oxygen atoms in total. The highest BCUT2D eigenvalue weighted by Gasteiger charge is 2.25. The van der Waals surface area contributed by atoms with Gasteiger partial charge in [0.05, 0.1) is 0 Å². The molecule has 31 heavy (non-hydrogen) atoms. The van der Waals surface area contributed by atoms with Gasteiger partial charge in [-0.15, -0.1) is 0 Å². The molecule has 0 fully saturated rings. The molecular formula is C30H30O. The molecule has 0 bridgehead atoms. The van der Waals surface area contributed by atoms with Gasteiger partial charge in [-0.2, -0.15) is 0 Å². The highest BCUT2D eigenvalue weighted by atomic mass is 16.3. The fourth-order valence-corrected chi connectivity index (χ4v) is 4.57. The van der Waals surface area contributed by atoms with Gasteiger partial charge in [0.15, 0.2) is 0 Å². The van der Waals surface area contributed by atoms with Gasteiger partial charge in [-0.25, -0.2) is 0 Å². The Bertz CT molecular complexity index is 1120. The Labute approximate surface area is 186 Å². The zero-order chi connectivity index (χ0) is 21.8. The lowest BCUT2D eigenvalue weighted by molar-refractivity contribution is 0.455. The van der Waals surface area contributed by atoms with Crippen LogP contribution in [0.3, 0.4) is 0 Å². The predicted molar refractivity (Wildman–Crippen MR) is 130 cm³/mol. The Morgan fingerprint density at radius 2 is 0.806 bits per heavy atom. The molecule has 3 atom stereocenters. The molecule has 1 N–H and O–H groups in total. The molecule has 0 spiro atoms. The minimum atomic E-state index is 0.0882. The molecular weight excluding hydrogens is 376 g/mol. The SMILES string of the molecule is CC(c1ccccc1)c1ccc(C(C)c2ccccc2)c(C(C)c2ccccc2)c1O. The number of aromatic hydroxyl groups is 1. The van der Waals surface area contributed by atoms with Crippen molar-refractivity contribution in [1.29, 1.82) is 0 Å². The van der Waals surface area contributed by atoms with Gasteiger partial charge < -0.3 is 5.11 Å². The summed E-state index contributed by atoms with van der Waals surface area (Å²) in [5.41, 5.74) is 6.87. The molecule has 0 aliphatic rings. The summed E-state index contributed by atoms with van der Waals surface area (Å²) >= 11 is 0. The van der Waals surface area contributed by atoms with Crippen LogP contribution in [0, 0.1) is 0 Å². The molecule has 3 unspecified atom stereocenters. The van der Waals surface area contributed by atoms with Crippen molar-refractivity contribution in [2.75, 3.05) is 0 Å². The first-order valence-electron chi connectivity index (χ1n) is 11.1. The summed E-state index contributed by atoms with van der Waals surface area (Å²) in [7, 11) is 0. The molecule has 4 aromatic rings. The van der Waals surface area contributed by atoms with Crippen LogP contribution in [0.2, 0.25) is 0 Å². The molecule has 0 amide bonds. The van der Waals surface area contributed by atoms with Gasteiger partial charge in [0, 0.05) is 28.9 Å². The summed E-state index contributed by atoms with van der Waals surface area (Å²) in [6.07, 6.45) is 0. The third-order valence-corrected chi connectivity index (χ3v) is 6.55. The highest BCUT2D eigenvalue weighted by Crippen LogP contribution is 2.43. The Hall–Kier alpha value is -3.32. The van der Waals surface area contributed by atoms with Crippen LogP contribution < -0.4 is 0 Å². The van der Waals surface area contributed by atoms with Crippen molar-refractivity contribution in [1.82, 2.24) is 0 Å². The average Bonchev–Trinajstić information content (AvgIpc) is 2.84. The lowest BCUT2D eigenvalue weighted by Crippen LogP contribution is -2.09. The molecule has 4 aromatic carbocycles. The van der Waals surface area contributed by atoms with Crippen LogP contribution in [0.1, 0.15) is 71.9 Å². The first kappa shape index (κ1) is 20.9. The summed E-state index contributed by atoms with van der Waals surface area (Å²) in [5, 5.41) is 11.6. The van der Waals surface area contributed by atoms with E-state index in [4.69, 9.17) is 0 Å². The van der Waals surface area contributed by atoms with Gasteiger partial charge in [-0.05, 0) is 22.3 Å². The van der Waals surface area contributed by atoms with Crippen LogP contribution in [-0.4, -0.2) is 5.11 Å². The van der Waals surface area contributed by atoms with Gasteiger partial charge in [0.25, 0.3) is 0 Å². The number of hydrogen-bond donors (Lipinski definition) is 1. The van der Waals surface area contributed by atoms with E-state index in [-0.39, 0.29) is 17.8 Å². The van der Waals surface area contributed by atoms with E-state index in [1.165, 1.54) is 22.3 Å². The average molecular weight is 407 g/mol. The highest BCUT2D eigenvalue weighted by molar-refractivity contribution is 5.55. The van der Waals surface area contributed by atoms with Crippen molar-refractivity contribution in [3.8, 4) is 5.75 Å². The maximum atomic E-state index is 11.6. The Morgan fingerprint density at radius 1 is 0.452 bits per heavy atom. The first-order valence-corrected chi connectivity index (χ1v) is 11.1. The summed E-state index contributed by atoms with van der Waals surface area (Å²) in [5.74, 6) is 0.816. The van der Waals surface area contributed by atoms with Gasteiger partial charge in [-0.3, -0.25) is 0 Å². The second-order valence-electron chi connectivity index (χ2n) is 8.40. The molecule has 156 valence electrons. The van der Waals surface area contributed by atoms with E-state index in [0.717, 1.165) is 11.1 Å². The molecule has 0 heterocycles. The predicted octanol–water partition coefficient (Wildman–Crippen LogP) is 7.85. The number of hydrogen-bond acceptors (Lipinski definition) is 1. The molecule has 1 heteroatoms. The van der Waals surface area contributed by atoms with E-state index >= 15 is 0 Å². The van der Waals surface area contributed by atoms with Crippen LogP contribution in [0.5, 0.6) is 5.75 Å². The molecule has 0 aliphatic carbocycles. The number of phenolic OH excluding ortho intramolecular Hbond substituents is 1. The number of phenols is 1. The van der Waals surface area contributed by atoms with Crippen LogP contribution in [-0.2, 0) is 0 Å². The van der Waals surface area contributed by atoms with E-state index < -0.39 is 0 Å². The van der Waals surface area contributed by atoms with E-state index in [2.05, 4.69) is 106 Å². The second kappa shape index (κ2) is 9.22. The summed E-state index contributed by atoms with van der Waals surface area (Å²) in [6.45, 7) is 6.59. The zero-order valence-corrected chi connectivity index (χ0v) is 18.5. The second-order valence-corrected chi connectivity index (χ2v) is 8.40. The molecule has 0 aliphatic heterocycles. The Balaban J connectivity index is 1.86. The van der Waals surface area contributed by atoms with Crippen molar-refractivity contribution in [3.63, 3.8) is 0 Å². The maximum absolute atomic E-state index is 11.6. The third kappa shape index (κ3) is 4.27. The van der Waals surface area contributed by atoms with E-state index in [1.807, 2.05) is 18.2 Å². The lowest BCUT2D eigenvalue weighted by Gasteiger charge is -2.26. The maximum Gasteiger partial charge on any atom is 0.123 e. The molecule has 0 aromatic heterocycles. The summed E-state index contributed by atoms with van der Waals surface area (Å²) < 4.78 is 0. The minimum absolute atomic E-state index is 0.0882. The van der Waals surface area contributed by atoms with Crippen molar-refractivity contribution in [3.05, 3.63) is 137 Å². The van der Waals surface area contributed by atoms with Gasteiger partial charge in [0.1, 0.15) is 5.75 Å². The summed E-state index contributed by atoms with van der Waals surface area (Å²) in [6, 6.07) is 35.8. The molecule has 4 rings (SSSR count). The van der Waals surface area contributed by atoms with Crippen molar-refractivity contribution in [2.45, 2.75) is 38.5 Å². The van der Waals surface area contributed by atoms with Gasteiger partial charge >= 0.3 is 0 Å². The largest absolute Gasteiger partial charge is 0.507 e. The quantitative estimate of drug-likeness (QED) is 0.346. The smallest absolute Gasteiger partial charge is 0.123 e. The fraction of sp³-hybridized carbons (Fsp3) is 0.200. The van der Waals surface area contributed by atoms with E-state index in [9.17, 15) is 5.11 Å².